The standard InChI is InChI=1S/C24H38N2O5/c1-24-6-4-16-21-13(11-27)8-14(26-31-15-5-7-25-10-15)9-17(21)18(12-28)23(30)22(16)19(24)2-3-20(24)29/h13,15-19,21-23,25,27-28,30H,2-12H2,1H3. The highest BCUT2D eigenvalue weighted by Crippen LogP contribution is 2.63. The summed E-state index contributed by atoms with van der Waals surface area (Å²) in [7, 11) is 0. The van der Waals surface area contributed by atoms with E-state index in [4.69, 9.17) is 4.84 Å². The number of aliphatic hydroxyl groups excluding tert-OH is 3. The number of rotatable bonds is 4. The maximum Gasteiger partial charge on any atom is 0.141 e. The van der Waals surface area contributed by atoms with Crippen molar-refractivity contribution in [2.24, 2.45) is 52.0 Å². The van der Waals surface area contributed by atoms with Crippen LogP contribution >= 0.6 is 0 Å². The smallest absolute Gasteiger partial charge is 0.141 e. The highest BCUT2D eigenvalue weighted by Gasteiger charge is 2.62. The summed E-state index contributed by atoms with van der Waals surface area (Å²) in [5, 5.41) is 39.9. The van der Waals surface area contributed by atoms with Crippen LogP contribution < -0.4 is 5.32 Å². The Hall–Kier alpha value is -1.02. The number of carbonyl (C=O) groups excluding carboxylic acids is 1. The first-order valence-corrected chi connectivity index (χ1v) is 12.3. The van der Waals surface area contributed by atoms with E-state index in [1.54, 1.807) is 0 Å². The molecule has 174 valence electrons. The largest absolute Gasteiger partial charge is 0.396 e. The van der Waals surface area contributed by atoms with Gasteiger partial charge in [0.25, 0.3) is 0 Å². The molecular weight excluding hydrogens is 396 g/mol. The molecule has 0 aromatic carbocycles. The van der Waals surface area contributed by atoms with E-state index in [1.165, 1.54) is 0 Å². The first-order chi connectivity index (χ1) is 15.0. The van der Waals surface area contributed by atoms with E-state index in [-0.39, 0.29) is 60.2 Å². The Labute approximate surface area is 184 Å². The van der Waals surface area contributed by atoms with Crippen molar-refractivity contribution in [3.63, 3.8) is 0 Å². The molecule has 0 radical (unpaired) electrons. The lowest BCUT2D eigenvalue weighted by Gasteiger charge is -2.59. The van der Waals surface area contributed by atoms with Crippen LogP contribution in [0.2, 0.25) is 0 Å². The second kappa shape index (κ2) is 8.40. The van der Waals surface area contributed by atoms with Crippen molar-refractivity contribution in [2.75, 3.05) is 26.3 Å². The van der Waals surface area contributed by atoms with Gasteiger partial charge in [0, 0.05) is 43.9 Å². The Bertz CT molecular complexity index is 723. The summed E-state index contributed by atoms with van der Waals surface area (Å²) in [6, 6.07) is 0. The number of carbonyl (C=O) groups is 1. The van der Waals surface area contributed by atoms with Crippen molar-refractivity contribution >= 4 is 11.5 Å². The van der Waals surface area contributed by atoms with E-state index in [0.717, 1.165) is 50.9 Å². The van der Waals surface area contributed by atoms with Crippen molar-refractivity contribution in [3.05, 3.63) is 0 Å². The maximum absolute atomic E-state index is 12.7. The number of nitrogens with one attached hydrogen (secondary N) is 1. The van der Waals surface area contributed by atoms with Crippen LogP contribution in [-0.2, 0) is 9.63 Å². The van der Waals surface area contributed by atoms with Gasteiger partial charge in [0.05, 0.1) is 11.8 Å². The van der Waals surface area contributed by atoms with E-state index in [1.807, 2.05) is 0 Å². The van der Waals surface area contributed by atoms with Gasteiger partial charge in [0.15, 0.2) is 0 Å². The van der Waals surface area contributed by atoms with Crippen molar-refractivity contribution in [2.45, 2.75) is 64.1 Å². The average Bonchev–Trinajstić information content (AvgIpc) is 3.40. The third kappa shape index (κ3) is 3.47. The second-order valence-corrected chi connectivity index (χ2v) is 11.1. The van der Waals surface area contributed by atoms with Gasteiger partial charge < -0.3 is 25.5 Å². The van der Waals surface area contributed by atoms with Gasteiger partial charge in [-0.25, -0.2) is 0 Å². The van der Waals surface area contributed by atoms with Crippen LogP contribution in [0.15, 0.2) is 5.16 Å². The van der Waals surface area contributed by atoms with E-state index in [0.29, 0.717) is 24.5 Å². The van der Waals surface area contributed by atoms with Gasteiger partial charge in [0.2, 0.25) is 0 Å². The molecule has 7 heteroatoms. The Kier molecular flexibility index (Phi) is 5.91. The number of hydrogen-bond donors (Lipinski definition) is 4. The van der Waals surface area contributed by atoms with E-state index >= 15 is 0 Å². The third-order valence-corrected chi connectivity index (χ3v) is 9.77. The zero-order valence-corrected chi connectivity index (χ0v) is 18.6. The number of Topliss-reactive ketones (excluding diaryl/α,β-unsaturated/α-hetero) is 1. The minimum Gasteiger partial charge on any atom is -0.396 e. The second-order valence-electron chi connectivity index (χ2n) is 11.1. The van der Waals surface area contributed by atoms with Crippen LogP contribution in [0.1, 0.15) is 51.9 Å². The summed E-state index contributed by atoms with van der Waals surface area (Å²) >= 11 is 0. The highest BCUT2D eigenvalue weighted by atomic mass is 16.6. The van der Waals surface area contributed by atoms with Gasteiger partial charge in [-0.3, -0.25) is 4.79 Å². The molecule has 7 nitrogen and oxygen atoms in total. The van der Waals surface area contributed by atoms with Crippen molar-refractivity contribution < 1.29 is 25.0 Å². The third-order valence-electron chi connectivity index (χ3n) is 9.77. The minimum absolute atomic E-state index is 0.0388. The molecule has 0 aromatic heterocycles. The van der Waals surface area contributed by atoms with E-state index in [9.17, 15) is 20.1 Å². The summed E-state index contributed by atoms with van der Waals surface area (Å²) in [5.74, 6) is 1.05. The molecule has 0 aromatic rings. The van der Waals surface area contributed by atoms with Crippen molar-refractivity contribution in [3.8, 4) is 0 Å². The molecule has 1 aliphatic heterocycles. The molecule has 5 fully saturated rings. The lowest BCUT2D eigenvalue weighted by Crippen LogP contribution is -2.60. The summed E-state index contributed by atoms with van der Waals surface area (Å²) in [4.78, 5) is 18.5. The van der Waals surface area contributed by atoms with Crippen LogP contribution in [-0.4, -0.2) is 65.3 Å². The molecule has 5 rings (SSSR count). The molecule has 5 aliphatic rings. The lowest BCUT2D eigenvalue weighted by molar-refractivity contribution is -0.170. The van der Waals surface area contributed by atoms with Gasteiger partial charge in [0.1, 0.15) is 11.9 Å². The summed E-state index contributed by atoms with van der Waals surface area (Å²) < 4.78 is 0. The van der Waals surface area contributed by atoms with Crippen LogP contribution in [0.3, 0.4) is 0 Å². The van der Waals surface area contributed by atoms with Gasteiger partial charge in [-0.2, -0.15) is 0 Å². The first kappa shape index (κ1) is 21.8. The molecule has 1 saturated heterocycles. The molecule has 10 atom stereocenters. The number of nitrogens with zero attached hydrogens (tertiary/aromatic N) is 1. The predicted octanol–water partition coefficient (Wildman–Crippen LogP) is 1.35. The molecule has 4 N–H and O–H groups in total. The first-order valence-electron chi connectivity index (χ1n) is 12.3. The summed E-state index contributed by atoms with van der Waals surface area (Å²) in [5.41, 5.74) is 0.627. The molecule has 1 heterocycles. The normalized spacial score (nSPS) is 50.8. The molecular formula is C24H38N2O5. The number of aliphatic hydroxyl groups is 3. The molecule has 10 unspecified atom stereocenters. The SMILES string of the molecule is CC12CCC3C4C(CO)CC(=NOC5CCNC5)CC4C(CO)C(O)C3C1CCC2=O. The molecule has 0 amide bonds. The maximum atomic E-state index is 12.7. The molecule has 31 heavy (non-hydrogen) atoms. The van der Waals surface area contributed by atoms with Gasteiger partial charge in [-0.05, 0) is 74.2 Å². The predicted molar refractivity (Wildman–Crippen MR) is 115 cm³/mol. The van der Waals surface area contributed by atoms with E-state index < -0.39 is 6.10 Å². The quantitative estimate of drug-likeness (QED) is 0.497. The fraction of sp³-hybridized carbons (Fsp3) is 0.917. The summed E-state index contributed by atoms with van der Waals surface area (Å²) in [6.45, 7) is 3.88. The minimum atomic E-state index is -0.606. The van der Waals surface area contributed by atoms with Crippen LogP contribution in [0.5, 0.6) is 0 Å². The topological polar surface area (TPSA) is 111 Å². The average molecular weight is 435 g/mol. The Morgan fingerprint density at radius 3 is 2.68 bits per heavy atom. The fourth-order valence-corrected chi connectivity index (χ4v) is 8.23. The van der Waals surface area contributed by atoms with Crippen molar-refractivity contribution in [1.82, 2.24) is 5.32 Å². The van der Waals surface area contributed by atoms with Crippen LogP contribution in [0.4, 0.5) is 0 Å². The van der Waals surface area contributed by atoms with Crippen LogP contribution in [0, 0.1) is 46.8 Å². The Morgan fingerprint density at radius 2 is 1.97 bits per heavy atom. The molecule has 0 spiro atoms. The molecule has 0 bridgehead atoms. The lowest BCUT2D eigenvalue weighted by atomic mass is 9.46. The van der Waals surface area contributed by atoms with Gasteiger partial charge in [-0.15, -0.1) is 0 Å². The molecule has 4 saturated carbocycles. The Balaban J connectivity index is 1.42. The monoisotopic (exact) mass is 434 g/mol. The van der Waals surface area contributed by atoms with Crippen molar-refractivity contribution in [1.29, 1.82) is 0 Å². The number of oxime groups is 1. The fourth-order valence-electron chi connectivity index (χ4n) is 8.23. The zero-order valence-electron chi connectivity index (χ0n) is 18.6. The van der Waals surface area contributed by atoms with Crippen LogP contribution in [0.25, 0.3) is 0 Å². The van der Waals surface area contributed by atoms with Gasteiger partial charge >= 0.3 is 0 Å². The van der Waals surface area contributed by atoms with Gasteiger partial charge in [-0.1, -0.05) is 12.1 Å². The number of hydrogen-bond acceptors (Lipinski definition) is 7. The summed E-state index contributed by atoms with van der Waals surface area (Å²) in [6.07, 6.45) is 5.15. The molecule has 4 aliphatic carbocycles. The van der Waals surface area contributed by atoms with E-state index in [2.05, 4.69) is 17.4 Å². The number of fused-ring (bicyclic) bond motifs is 5. The Morgan fingerprint density at radius 1 is 1.13 bits per heavy atom. The highest BCUT2D eigenvalue weighted by molar-refractivity contribution is 5.87. The number of ketones is 1. The zero-order chi connectivity index (χ0) is 21.8.